The molecule has 0 aliphatic heterocycles. The van der Waals surface area contributed by atoms with Crippen LogP contribution < -0.4 is 0 Å². The minimum atomic E-state index is 0.159. The Kier molecular flexibility index (Phi) is 1.07. The molecule has 4 saturated carbocycles. The summed E-state index contributed by atoms with van der Waals surface area (Å²) in [5.41, 5.74) is 0. The highest BCUT2D eigenvalue weighted by Crippen LogP contribution is 2.69. The Balaban J connectivity index is 1.93. The second-order valence-corrected chi connectivity index (χ2v) is 5.72. The van der Waals surface area contributed by atoms with Crippen LogP contribution in [-0.2, 0) is 9.59 Å². The number of ketones is 2. The zero-order chi connectivity index (χ0) is 9.61. The van der Waals surface area contributed by atoms with Crippen molar-refractivity contribution in [1.82, 2.24) is 0 Å². The zero-order valence-corrected chi connectivity index (χ0v) is 8.27. The number of carbonyl (C=O) groups excluding carboxylic acids is 2. The maximum atomic E-state index is 12.0. The highest BCUT2D eigenvalue weighted by molar-refractivity contribution is 5.97. The first-order chi connectivity index (χ1) is 6.70. The van der Waals surface area contributed by atoms with Gasteiger partial charge in [0.1, 0.15) is 11.6 Å². The van der Waals surface area contributed by atoms with Gasteiger partial charge in [-0.15, -0.1) is 0 Å². The number of rotatable bonds is 0. The van der Waals surface area contributed by atoms with Crippen LogP contribution in [0.5, 0.6) is 0 Å². The average Bonchev–Trinajstić information content (AvgIpc) is 2.76. The van der Waals surface area contributed by atoms with Crippen LogP contribution in [0.3, 0.4) is 0 Å². The summed E-state index contributed by atoms with van der Waals surface area (Å²) in [5, 5.41) is 0. The lowest BCUT2D eigenvalue weighted by molar-refractivity contribution is -0.130. The fourth-order valence-corrected chi connectivity index (χ4v) is 5.30. The van der Waals surface area contributed by atoms with Crippen molar-refractivity contribution in [3.05, 3.63) is 0 Å². The molecule has 1 unspecified atom stereocenters. The first-order valence-electron chi connectivity index (χ1n) is 5.76. The molecule has 0 spiro atoms. The van der Waals surface area contributed by atoms with Crippen molar-refractivity contribution in [2.24, 2.45) is 41.4 Å². The molecule has 0 N–H and O–H groups in total. The third-order valence-electron chi connectivity index (χ3n) is 5.56. The fraction of sp³-hybridized carbons (Fsp3) is 0.833. The maximum Gasteiger partial charge on any atom is 0.140 e. The Morgan fingerprint density at radius 2 is 1.86 bits per heavy atom. The smallest absolute Gasteiger partial charge is 0.140 e. The molecule has 4 aliphatic rings. The highest BCUT2D eigenvalue weighted by Gasteiger charge is 2.71. The van der Waals surface area contributed by atoms with E-state index >= 15 is 0 Å². The predicted octanol–water partition coefficient (Wildman–Crippen LogP) is 1.29. The highest BCUT2D eigenvalue weighted by atomic mass is 16.1. The Bertz CT molecular complexity index is 357. The van der Waals surface area contributed by atoms with Gasteiger partial charge in [0.25, 0.3) is 0 Å². The summed E-state index contributed by atoms with van der Waals surface area (Å²) in [6, 6.07) is 0. The van der Waals surface area contributed by atoms with Crippen molar-refractivity contribution in [1.29, 1.82) is 0 Å². The third-order valence-corrected chi connectivity index (χ3v) is 5.56. The monoisotopic (exact) mass is 190 g/mol. The molecule has 4 aliphatic carbocycles. The van der Waals surface area contributed by atoms with Gasteiger partial charge in [0.15, 0.2) is 0 Å². The third kappa shape index (κ3) is 0.541. The van der Waals surface area contributed by atoms with Crippen LogP contribution >= 0.6 is 0 Å². The van der Waals surface area contributed by atoms with Gasteiger partial charge in [-0.05, 0) is 30.1 Å². The van der Waals surface area contributed by atoms with Crippen molar-refractivity contribution in [3.8, 4) is 0 Å². The number of hydrogen-bond acceptors (Lipinski definition) is 2. The second kappa shape index (κ2) is 1.98. The Morgan fingerprint density at radius 1 is 1.07 bits per heavy atom. The predicted molar refractivity (Wildman–Crippen MR) is 49.4 cm³/mol. The summed E-state index contributed by atoms with van der Waals surface area (Å²) in [7, 11) is 0. The normalized spacial score (nSPS) is 63.1. The van der Waals surface area contributed by atoms with Crippen LogP contribution in [0.2, 0.25) is 0 Å². The van der Waals surface area contributed by atoms with Gasteiger partial charge in [-0.3, -0.25) is 9.59 Å². The molecular formula is C12H14O2. The molecule has 0 aromatic carbocycles. The molecule has 0 saturated heterocycles. The van der Waals surface area contributed by atoms with Crippen LogP contribution in [0.4, 0.5) is 0 Å². The van der Waals surface area contributed by atoms with E-state index in [1.54, 1.807) is 0 Å². The fourth-order valence-electron chi connectivity index (χ4n) is 5.30. The largest absolute Gasteiger partial charge is 0.299 e. The van der Waals surface area contributed by atoms with Gasteiger partial charge >= 0.3 is 0 Å². The van der Waals surface area contributed by atoms with E-state index in [-0.39, 0.29) is 17.8 Å². The van der Waals surface area contributed by atoms with Gasteiger partial charge in [-0.25, -0.2) is 0 Å². The van der Waals surface area contributed by atoms with E-state index in [9.17, 15) is 9.59 Å². The maximum absolute atomic E-state index is 12.0. The van der Waals surface area contributed by atoms with Crippen LogP contribution in [0.25, 0.3) is 0 Å². The van der Waals surface area contributed by atoms with Gasteiger partial charge in [0.2, 0.25) is 0 Å². The summed E-state index contributed by atoms with van der Waals surface area (Å²) in [6.07, 6.45) is 1.98. The van der Waals surface area contributed by atoms with E-state index in [4.69, 9.17) is 0 Å². The van der Waals surface area contributed by atoms with Gasteiger partial charge in [-0.1, -0.05) is 6.92 Å². The minimum absolute atomic E-state index is 0.159. The molecule has 2 bridgehead atoms. The minimum Gasteiger partial charge on any atom is -0.299 e. The van der Waals surface area contributed by atoms with Gasteiger partial charge in [-0.2, -0.15) is 0 Å². The lowest BCUT2D eigenvalue weighted by Gasteiger charge is -2.24. The van der Waals surface area contributed by atoms with E-state index in [0.29, 0.717) is 35.2 Å². The molecule has 7 atom stereocenters. The molecule has 0 aromatic heterocycles. The van der Waals surface area contributed by atoms with Crippen molar-refractivity contribution < 1.29 is 9.59 Å². The summed E-state index contributed by atoms with van der Waals surface area (Å²) >= 11 is 0. The van der Waals surface area contributed by atoms with E-state index < -0.39 is 0 Å². The van der Waals surface area contributed by atoms with Crippen LogP contribution in [0, 0.1) is 41.4 Å². The van der Waals surface area contributed by atoms with Crippen molar-refractivity contribution in [3.63, 3.8) is 0 Å². The molecule has 0 heterocycles. The standard InChI is InChI=1S/C12H14O2/c1-4-9-6-3-8(13)10-5(6)2-7(9)11(10)12(4)14/h4-7,9-11H,2-3H2,1H3/t4?,5-,6-,7+,9-,10+,11-/m1/s1. The van der Waals surface area contributed by atoms with Crippen molar-refractivity contribution in [2.45, 2.75) is 19.8 Å². The van der Waals surface area contributed by atoms with Crippen LogP contribution in [0.15, 0.2) is 0 Å². The molecule has 0 aromatic rings. The lowest BCUT2D eigenvalue weighted by Crippen LogP contribution is -2.26. The van der Waals surface area contributed by atoms with E-state index in [2.05, 4.69) is 6.92 Å². The van der Waals surface area contributed by atoms with Gasteiger partial charge in [0.05, 0.1) is 0 Å². The second-order valence-electron chi connectivity index (χ2n) is 5.72. The molecular weight excluding hydrogens is 176 g/mol. The van der Waals surface area contributed by atoms with E-state index in [1.807, 2.05) is 0 Å². The summed E-state index contributed by atoms with van der Waals surface area (Å²) in [4.78, 5) is 23.8. The average molecular weight is 190 g/mol. The first kappa shape index (κ1) is 7.61. The molecule has 2 heteroatoms. The molecule has 4 fully saturated rings. The SMILES string of the molecule is CC1C(=O)[C@@H]2[C@H]3C[C@@H]4[C@@H](CC(=O)[C@H]42)[C@@H]13. The van der Waals surface area contributed by atoms with Crippen molar-refractivity contribution in [2.75, 3.05) is 0 Å². The van der Waals surface area contributed by atoms with Crippen molar-refractivity contribution >= 4 is 11.6 Å². The molecule has 74 valence electrons. The van der Waals surface area contributed by atoms with Gasteiger partial charge < -0.3 is 0 Å². The Labute approximate surface area is 83.1 Å². The molecule has 4 rings (SSSR count). The topological polar surface area (TPSA) is 34.1 Å². The number of hydrogen-bond donors (Lipinski definition) is 0. The van der Waals surface area contributed by atoms with Gasteiger partial charge in [0, 0.05) is 24.2 Å². The van der Waals surface area contributed by atoms with Crippen LogP contribution in [-0.4, -0.2) is 11.6 Å². The summed E-state index contributed by atoms with van der Waals surface area (Å²) in [5.74, 6) is 3.80. The first-order valence-corrected chi connectivity index (χ1v) is 5.76. The quantitative estimate of drug-likeness (QED) is 0.577. The number of fused-ring (bicyclic) bond motifs is 2. The molecule has 2 nitrogen and oxygen atoms in total. The number of carbonyl (C=O) groups is 2. The molecule has 0 amide bonds. The molecule has 14 heavy (non-hydrogen) atoms. The van der Waals surface area contributed by atoms with Crippen LogP contribution in [0.1, 0.15) is 19.8 Å². The lowest BCUT2D eigenvalue weighted by atomic mass is 9.78. The number of Topliss-reactive ketones (excluding diaryl/α,β-unsaturated/α-hetero) is 2. The van der Waals surface area contributed by atoms with E-state index in [0.717, 1.165) is 6.42 Å². The Hall–Kier alpha value is -0.660. The zero-order valence-electron chi connectivity index (χ0n) is 8.27. The molecule has 0 radical (unpaired) electrons. The Morgan fingerprint density at radius 3 is 2.64 bits per heavy atom. The summed E-state index contributed by atoms with van der Waals surface area (Å²) in [6.45, 7) is 2.09. The summed E-state index contributed by atoms with van der Waals surface area (Å²) < 4.78 is 0. The van der Waals surface area contributed by atoms with E-state index in [1.165, 1.54) is 6.42 Å².